The lowest BCUT2D eigenvalue weighted by atomic mass is 9.81. The van der Waals surface area contributed by atoms with Gasteiger partial charge >= 0.3 is 0 Å². The molecule has 3 aromatic rings. The molecule has 1 aromatic carbocycles. The molecule has 1 amide bonds. The van der Waals surface area contributed by atoms with Crippen LogP contribution in [0, 0.1) is 12.8 Å². The van der Waals surface area contributed by atoms with Gasteiger partial charge in [-0.05, 0) is 43.4 Å². The van der Waals surface area contributed by atoms with Crippen molar-refractivity contribution >= 4 is 5.91 Å². The topological polar surface area (TPSA) is 87.7 Å². The van der Waals surface area contributed by atoms with Gasteiger partial charge in [0.25, 0.3) is 5.56 Å². The third kappa shape index (κ3) is 5.08. The van der Waals surface area contributed by atoms with E-state index >= 15 is 0 Å². The number of H-pyrrole nitrogens is 1. The van der Waals surface area contributed by atoms with Crippen LogP contribution in [0.4, 0.5) is 0 Å². The van der Waals surface area contributed by atoms with Gasteiger partial charge in [0.1, 0.15) is 5.82 Å². The average molecular weight is 417 g/mol. The fourth-order valence-electron chi connectivity index (χ4n) is 4.44. The molecular weight excluding hydrogens is 388 g/mol. The number of nitrogens with zero attached hydrogens (tertiary/aromatic N) is 2. The summed E-state index contributed by atoms with van der Waals surface area (Å²) in [5.41, 5.74) is 2.54. The third-order valence-electron chi connectivity index (χ3n) is 6.09. The molecule has 160 valence electrons. The van der Waals surface area contributed by atoms with Gasteiger partial charge in [-0.3, -0.25) is 14.6 Å². The number of rotatable bonds is 6. The minimum atomic E-state index is -0.282. The molecule has 6 nitrogen and oxygen atoms in total. The number of benzene rings is 1. The highest BCUT2D eigenvalue weighted by Gasteiger charge is 2.27. The molecule has 6 heteroatoms. The van der Waals surface area contributed by atoms with E-state index in [1.54, 1.807) is 25.4 Å². The Balaban J connectivity index is 1.53. The van der Waals surface area contributed by atoms with E-state index < -0.39 is 0 Å². The van der Waals surface area contributed by atoms with Crippen molar-refractivity contribution < 1.29 is 4.79 Å². The van der Waals surface area contributed by atoms with E-state index in [1.165, 1.54) is 19.3 Å². The first-order chi connectivity index (χ1) is 15.1. The predicted molar refractivity (Wildman–Crippen MR) is 120 cm³/mol. The fraction of sp³-hybridized carbons (Fsp3) is 0.360. The van der Waals surface area contributed by atoms with E-state index in [2.05, 4.69) is 32.4 Å². The summed E-state index contributed by atoms with van der Waals surface area (Å²) in [6.45, 7) is 1.77. The Labute approximate surface area is 182 Å². The monoisotopic (exact) mass is 416 g/mol. The summed E-state index contributed by atoms with van der Waals surface area (Å²) in [6.07, 6.45) is 9.21. The first-order valence-electron chi connectivity index (χ1n) is 11.0. The maximum absolute atomic E-state index is 13.0. The zero-order valence-corrected chi connectivity index (χ0v) is 17.8. The van der Waals surface area contributed by atoms with Gasteiger partial charge in [-0.15, -0.1) is 0 Å². The van der Waals surface area contributed by atoms with Crippen molar-refractivity contribution in [2.24, 2.45) is 5.92 Å². The number of aryl methyl sites for hydroxylation is 1. The van der Waals surface area contributed by atoms with Crippen LogP contribution in [0.3, 0.4) is 0 Å². The molecule has 1 unspecified atom stereocenters. The van der Waals surface area contributed by atoms with E-state index in [-0.39, 0.29) is 23.9 Å². The molecule has 4 rings (SSSR count). The predicted octanol–water partition coefficient (Wildman–Crippen LogP) is 4.12. The van der Waals surface area contributed by atoms with Gasteiger partial charge in [0.05, 0.1) is 12.5 Å². The molecule has 2 aromatic heterocycles. The fourth-order valence-corrected chi connectivity index (χ4v) is 4.44. The molecule has 1 aliphatic rings. The van der Waals surface area contributed by atoms with Crippen LogP contribution in [0.1, 0.15) is 55.0 Å². The molecule has 2 heterocycles. The van der Waals surface area contributed by atoms with Gasteiger partial charge in [0, 0.05) is 29.2 Å². The summed E-state index contributed by atoms with van der Waals surface area (Å²) in [7, 11) is 0. The van der Waals surface area contributed by atoms with Gasteiger partial charge in [0.2, 0.25) is 5.91 Å². The summed E-state index contributed by atoms with van der Waals surface area (Å²) in [5, 5.41) is 3.22. The zero-order chi connectivity index (χ0) is 21.6. The first-order valence-corrected chi connectivity index (χ1v) is 11.0. The van der Waals surface area contributed by atoms with Crippen molar-refractivity contribution in [1.82, 2.24) is 20.3 Å². The van der Waals surface area contributed by atoms with E-state index in [0.29, 0.717) is 23.0 Å². The van der Waals surface area contributed by atoms with Crippen LogP contribution in [0.2, 0.25) is 0 Å². The number of carbonyl (C=O) groups is 1. The van der Waals surface area contributed by atoms with Crippen LogP contribution < -0.4 is 10.9 Å². The van der Waals surface area contributed by atoms with Gasteiger partial charge in [0.15, 0.2) is 0 Å². The molecule has 1 aliphatic carbocycles. The molecule has 1 fully saturated rings. The van der Waals surface area contributed by atoms with Gasteiger partial charge in [-0.25, -0.2) is 4.98 Å². The van der Waals surface area contributed by atoms with Gasteiger partial charge in [-0.1, -0.05) is 49.6 Å². The second-order valence-electron chi connectivity index (χ2n) is 8.25. The number of hydrogen-bond donors (Lipinski definition) is 2. The van der Waals surface area contributed by atoms with Gasteiger partial charge in [-0.2, -0.15) is 0 Å². The lowest BCUT2D eigenvalue weighted by Crippen LogP contribution is -2.36. The lowest BCUT2D eigenvalue weighted by molar-refractivity contribution is -0.121. The van der Waals surface area contributed by atoms with Crippen molar-refractivity contribution in [1.29, 1.82) is 0 Å². The molecule has 1 saturated carbocycles. The number of pyridine rings is 1. The van der Waals surface area contributed by atoms with E-state index in [4.69, 9.17) is 0 Å². The van der Waals surface area contributed by atoms with E-state index in [0.717, 1.165) is 24.0 Å². The second kappa shape index (κ2) is 9.69. The molecular formula is C25H28N4O2. The summed E-state index contributed by atoms with van der Waals surface area (Å²) in [6, 6.07) is 13.7. The molecule has 2 N–H and O–H groups in total. The Hall–Kier alpha value is -3.28. The molecule has 0 aliphatic heterocycles. The number of hydrogen-bond acceptors (Lipinski definition) is 4. The highest BCUT2D eigenvalue weighted by Crippen LogP contribution is 2.34. The van der Waals surface area contributed by atoms with Crippen LogP contribution in [0.25, 0.3) is 11.4 Å². The van der Waals surface area contributed by atoms with Crippen molar-refractivity contribution in [3.8, 4) is 11.4 Å². The van der Waals surface area contributed by atoms with Crippen LogP contribution in [0.5, 0.6) is 0 Å². The highest BCUT2D eigenvalue weighted by molar-refractivity contribution is 5.79. The summed E-state index contributed by atoms with van der Waals surface area (Å²) in [5.74, 6) is 0.735. The minimum absolute atomic E-state index is 0.0114. The van der Waals surface area contributed by atoms with Crippen LogP contribution in [-0.2, 0) is 11.2 Å². The van der Waals surface area contributed by atoms with Crippen LogP contribution in [-0.4, -0.2) is 20.9 Å². The molecule has 1 atom stereocenters. The van der Waals surface area contributed by atoms with Crippen molar-refractivity contribution in [2.45, 2.75) is 51.5 Å². The SMILES string of the molecule is Cc1nc(-c2cccnc2)[nH]c(=O)c1CC(=O)NC(c1ccccc1)C1CCCCC1. The standard InChI is InChI=1S/C25H28N4O2/c1-17-21(25(31)29-24(27-17)20-13-8-14-26-16-20)15-22(30)28-23(18-9-4-2-5-10-18)19-11-6-3-7-12-19/h2,4-5,8-10,13-14,16,19,23H,3,6-7,11-12,15H2,1H3,(H,28,30)(H,27,29,31). The summed E-state index contributed by atoms with van der Waals surface area (Å²) >= 11 is 0. The maximum Gasteiger partial charge on any atom is 0.255 e. The third-order valence-corrected chi connectivity index (χ3v) is 6.09. The van der Waals surface area contributed by atoms with E-state index in [9.17, 15) is 9.59 Å². The highest BCUT2D eigenvalue weighted by atomic mass is 16.2. The van der Waals surface area contributed by atoms with Gasteiger partial charge < -0.3 is 10.3 Å². The first kappa shape index (κ1) is 21.0. The molecule has 0 spiro atoms. The Kier molecular flexibility index (Phi) is 6.55. The van der Waals surface area contributed by atoms with Crippen LogP contribution >= 0.6 is 0 Å². The number of aromatic amines is 1. The van der Waals surface area contributed by atoms with Crippen molar-refractivity contribution in [3.63, 3.8) is 0 Å². The van der Waals surface area contributed by atoms with Crippen molar-refractivity contribution in [3.05, 3.63) is 82.0 Å². The molecule has 31 heavy (non-hydrogen) atoms. The van der Waals surface area contributed by atoms with Crippen molar-refractivity contribution in [2.75, 3.05) is 0 Å². The Morgan fingerprint density at radius 1 is 1.13 bits per heavy atom. The normalized spacial score (nSPS) is 15.4. The molecule has 0 saturated heterocycles. The number of carbonyl (C=O) groups excluding carboxylic acids is 1. The van der Waals surface area contributed by atoms with E-state index in [1.807, 2.05) is 24.3 Å². The average Bonchev–Trinajstić information content (AvgIpc) is 2.81. The maximum atomic E-state index is 13.0. The minimum Gasteiger partial charge on any atom is -0.349 e. The Morgan fingerprint density at radius 3 is 2.58 bits per heavy atom. The number of amides is 1. The second-order valence-corrected chi connectivity index (χ2v) is 8.25. The summed E-state index contributed by atoms with van der Waals surface area (Å²) < 4.78 is 0. The largest absolute Gasteiger partial charge is 0.349 e. The zero-order valence-electron chi connectivity index (χ0n) is 17.8. The Bertz CT molecular complexity index is 1070. The molecule has 0 bridgehead atoms. The smallest absolute Gasteiger partial charge is 0.255 e. The Morgan fingerprint density at radius 2 is 1.90 bits per heavy atom. The van der Waals surface area contributed by atoms with Crippen LogP contribution in [0.15, 0.2) is 59.7 Å². The summed E-state index contributed by atoms with van der Waals surface area (Å²) in [4.78, 5) is 37.1. The molecule has 0 radical (unpaired) electrons. The lowest BCUT2D eigenvalue weighted by Gasteiger charge is -2.31. The quantitative estimate of drug-likeness (QED) is 0.633. The number of nitrogens with one attached hydrogen (secondary N) is 2. The number of aromatic nitrogens is 3.